The van der Waals surface area contributed by atoms with Crippen molar-refractivity contribution in [2.75, 3.05) is 0 Å². The molecular weight excluding hydrogens is 299 g/mol. The summed E-state index contributed by atoms with van der Waals surface area (Å²) in [4.78, 5) is 21.7. The van der Waals surface area contributed by atoms with Gasteiger partial charge in [-0.2, -0.15) is 0 Å². The summed E-state index contributed by atoms with van der Waals surface area (Å²) >= 11 is 0. The molecule has 0 saturated carbocycles. The van der Waals surface area contributed by atoms with Crippen LogP contribution in [0.2, 0.25) is 0 Å². The normalized spacial score (nSPS) is 15.0. The highest BCUT2D eigenvalue weighted by Gasteiger charge is 2.36. The number of aryl methyl sites for hydroxylation is 1. The van der Waals surface area contributed by atoms with Crippen molar-refractivity contribution < 1.29 is 19.4 Å². The molecule has 2 atom stereocenters. The summed E-state index contributed by atoms with van der Waals surface area (Å²) in [5.41, 5.74) is 0.403. The second-order valence-corrected chi connectivity index (χ2v) is 7.73. The Hall–Kier alpha value is -1.90. The van der Waals surface area contributed by atoms with Gasteiger partial charge in [-0.3, -0.25) is 9.36 Å². The van der Waals surface area contributed by atoms with Crippen molar-refractivity contribution in [3.05, 3.63) is 71.8 Å². The van der Waals surface area contributed by atoms with E-state index in [0.29, 0.717) is 12.0 Å². The molecule has 0 aliphatic carbocycles. The van der Waals surface area contributed by atoms with E-state index in [2.05, 4.69) is 0 Å². The van der Waals surface area contributed by atoms with Gasteiger partial charge in [-0.05, 0) is 24.0 Å². The molecule has 0 bridgehead atoms. The lowest BCUT2D eigenvalue weighted by atomic mass is 10.1. The number of hydrogen-bond donors (Lipinski definition) is 2. The van der Waals surface area contributed by atoms with E-state index in [-0.39, 0.29) is 12.6 Å². The van der Waals surface area contributed by atoms with Crippen LogP contribution in [-0.2, 0) is 21.9 Å². The maximum atomic E-state index is 12.5. The molecule has 2 aromatic rings. The lowest BCUT2D eigenvalue weighted by Gasteiger charge is -2.19. The van der Waals surface area contributed by atoms with Crippen LogP contribution in [0.25, 0.3) is 0 Å². The van der Waals surface area contributed by atoms with Gasteiger partial charge >= 0.3 is 5.97 Å². The Labute approximate surface area is 129 Å². The lowest BCUT2D eigenvalue weighted by Crippen LogP contribution is -2.22. The summed E-state index contributed by atoms with van der Waals surface area (Å²) in [6, 6.07) is 18.2. The van der Waals surface area contributed by atoms with E-state index in [1.165, 1.54) is 0 Å². The number of rotatable bonds is 7. The van der Waals surface area contributed by atoms with Crippen LogP contribution < -0.4 is 0 Å². The van der Waals surface area contributed by atoms with Crippen molar-refractivity contribution in [2.45, 2.75) is 24.7 Å². The van der Waals surface area contributed by atoms with Crippen LogP contribution in [0.4, 0.5) is 0 Å². The number of carboxylic acid groups (broad SMARTS) is 1. The predicted molar refractivity (Wildman–Crippen MR) is 86.2 cm³/mol. The molecule has 0 radical (unpaired) electrons. The van der Waals surface area contributed by atoms with Gasteiger partial charge in [-0.1, -0.05) is 60.7 Å². The second kappa shape index (κ2) is 7.39. The predicted octanol–water partition coefficient (Wildman–Crippen LogP) is 3.54. The van der Waals surface area contributed by atoms with Crippen LogP contribution in [-0.4, -0.2) is 21.6 Å². The van der Waals surface area contributed by atoms with Gasteiger partial charge in [0, 0.05) is 0 Å². The number of benzene rings is 2. The topological polar surface area (TPSA) is 74.6 Å². The van der Waals surface area contributed by atoms with Crippen LogP contribution in [0, 0.1) is 0 Å². The average molecular weight is 318 g/mol. The van der Waals surface area contributed by atoms with Crippen molar-refractivity contribution in [1.82, 2.24) is 0 Å². The molecule has 0 aromatic heterocycles. The minimum absolute atomic E-state index is 0.112. The first-order chi connectivity index (χ1) is 10.5. The van der Waals surface area contributed by atoms with Gasteiger partial charge in [0.15, 0.2) is 0 Å². The SMILES string of the molecule is O=C(O)C(CCc1ccccc1)P(=O)(O)Cc1ccccc1. The van der Waals surface area contributed by atoms with Crippen LogP contribution in [0.5, 0.6) is 0 Å². The van der Waals surface area contributed by atoms with Crippen molar-refractivity contribution >= 4 is 13.3 Å². The Morgan fingerprint density at radius 2 is 1.45 bits per heavy atom. The Balaban J connectivity index is 2.09. The van der Waals surface area contributed by atoms with Crippen molar-refractivity contribution in [1.29, 1.82) is 0 Å². The lowest BCUT2D eigenvalue weighted by molar-refractivity contribution is -0.136. The fourth-order valence-electron chi connectivity index (χ4n) is 2.40. The van der Waals surface area contributed by atoms with Crippen molar-refractivity contribution in [3.63, 3.8) is 0 Å². The van der Waals surface area contributed by atoms with E-state index < -0.39 is 19.0 Å². The Morgan fingerprint density at radius 1 is 0.955 bits per heavy atom. The summed E-state index contributed by atoms with van der Waals surface area (Å²) in [6.07, 6.45) is 0.511. The molecule has 0 heterocycles. The minimum Gasteiger partial charge on any atom is -0.481 e. The monoisotopic (exact) mass is 318 g/mol. The summed E-state index contributed by atoms with van der Waals surface area (Å²) in [7, 11) is -3.82. The third-order valence-electron chi connectivity index (χ3n) is 3.57. The Bertz CT molecular complexity index is 655. The van der Waals surface area contributed by atoms with Crippen LogP contribution in [0.3, 0.4) is 0 Å². The van der Waals surface area contributed by atoms with Gasteiger partial charge in [0.05, 0.1) is 6.16 Å². The van der Waals surface area contributed by atoms with E-state index in [9.17, 15) is 19.4 Å². The average Bonchev–Trinajstić information content (AvgIpc) is 2.48. The van der Waals surface area contributed by atoms with E-state index in [1.807, 2.05) is 36.4 Å². The zero-order valence-electron chi connectivity index (χ0n) is 12.1. The van der Waals surface area contributed by atoms with Gasteiger partial charge in [-0.15, -0.1) is 0 Å². The number of aliphatic carboxylic acids is 1. The third kappa shape index (κ3) is 4.55. The molecule has 0 aliphatic rings. The van der Waals surface area contributed by atoms with Crippen LogP contribution >= 0.6 is 7.37 Å². The molecule has 116 valence electrons. The first-order valence-electron chi connectivity index (χ1n) is 7.11. The number of hydrogen-bond acceptors (Lipinski definition) is 2. The van der Waals surface area contributed by atoms with Gasteiger partial charge in [0.1, 0.15) is 5.66 Å². The minimum atomic E-state index is -3.82. The molecule has 2 N–H and O–H groups in total. The zero-order valence-corrected chi connectivity index (χ0v) is 13.0. The fourth-order valence-corrected chi connectivity index (χ4v) is 4.23. The molecule has 0 saturated heterocycles. The van der Waals surface area contributed by atoms with E-state index in [4.69, 9.17) is 0 Å². The number of carboxylic acids is 1. The molecule has 4 nitrogen and oxygen atoms in total. The van der Waals surface area contributed by atoms with Gasteiger partial charge < -0.3 is 10.00 Å². The van der Waals surface area contributed by atoms with Crippen LogP contribution in [0.1, 0.15) is 17.5 Å². The maximum Gasteiger partial charge on any atom is 0.316 e. The summed E-state index contributed by atoms with van der Waals surface area (Å²) in [6.45, 7) is 0. The van der Waals surface area contributed by atoms with E-state index >= 15 is 0 Å². The standard InChI is InChI=1S/C17H19O4P/c18-17(19)16(12-11-14-7-3-1-4-8-14)22(20,21)13-15-9-5-2-6-10-15/h1-10,16H,11-13H2,(H,18,19)(H,20,21). The largest absolute Gasteiger partial charge is 0.481 e. The molecular formula is C17H19O4P. The summed E-state index contributed by atoms with van der Waals surface area (Å²) in [5.74, 6) is -1.21. The fraction of sp³-hybridized carbons (Fsp3) is 0.235. The molecule has 0 fully saturated rings. The van der Waals surface area contributed by atoms with Gasteiger partial charge in [0.2, 0.25) is 7.37 Å². The third-order valence-corrected chi connectivity index (χ3v) is 5.84. The van der Waals surface area contributed by atoms with Crippen molar-refractivity contribution in [3.8, 4) is 0 Å². The van der Waals surface area contributed by atoms with Crippen LogP contribution in [0.15, 0.2) is 60.7 Å². The molecule has 0 amide bonds. The summed E-state index contributed by atoms with van der Waals surface area (Å²) in [5, 5.41) is 9.33. The quantitative estimate of drug-likeness (QED) is 0.766. The highest BCUT2D eigenvalue weighted by Crippen LogP contribution is 2.51. The molecule has 2 aromatic carbocycles. The first kappa shape index (κ1) is 16.5. The zero-order chi connectivity index (χ0) is 16.0. The molecule has 2 rings (SSSR count). The molecule has 0 aliphatic heterocycles. The summed E-state index contributed by atoms with van der Waals surface area (Å²) < 4.78 is 12.5. The van der Waals surface area contributed by atoms with Crippen molar-refractivity contribution in [2.24, 2.45) is 0 Å². The van der Waals surface area contributed by atoms with Gasteiger partial charge in [0.25, 0.3) is 0 Å². The van der Waals surface area contributed by atoms with E-state index in [1.54, 1.807) is 24.3 Å². The first-order valence-corrected chi connectivity index (χ1v) is 9.02. The second-order valence-electron chi connectivity index (χ2n) is 5.28. The molecule has 0 spiro atoms. The van der Waals surface area contributed by atoms with E-state index in [0.717, 1.165) is 5.56 Å². The number of carbonyl (C=O) groups is 1. The Morgan fingerprint density at radius 3 is 1.95 bits per heavy atom. The molecule has 22 heavy (non-hydrogen) atoms. The Kier molecular flexibility index (Phi) is 5.53. The maximum absolute atomic E-state index is 12.5. The molecule has 5 heteroatoms. The highest BCUT2D eigenvalue weighted by atomic mass is 31.2. The highest BCUT2D eigenvalue weighted by molar-refractivity contribution is 7.59. The van der Waals surface area contributed by atoms with Gasteiger partial charge in [-0.25, -0.2) is 0 Å². The molecule has 2 unspecified atom stereocenters. The smallest absolute Gasteiger partial charge is 0.316 e.